The van der Waals surface area contributed by atoms with Crippen LogP contribution in [0.3, 0.4) is 0 Å². The van der Waals surface area contributed by atoms with Crippen LogP contribution >= 0.6 is 11.8 Å². The Morgan fingerprint density at radius 2 is 2.15 bits per heavy atom. The molecule has 3 rings (SSSR count). The van der Waals surface area contributed by atoms with Crippen molar-refractivity contribution >= 4 is 27.5 Å². The fourth-order valence-corrected chi connectivity index (χ4v) is 4.77. The Bertz CT molecular complexity index is 901. The van der Waals surface area contributed by atoms with E-state index in [4.69, 9.17) is 9.15 Å². The fraction of sp³-hybridized carbons (Fsp3) is 0.438. The van der Waals surface area contributed by atoms with Crippen molar-refractivity contribution in [3.63, 3.8) is 0 Å². The number of nitrogens with zero attached hydrogens (tertiary/aromatic N) is 2. The van der Waals surface area contributed by atoms with Crippen LogP contribution in [0.1, 0.15) is 25.3 Å². The third-order valence-corrected chi connectivity index (χ3v) is 6.41. The Morgan fingerprint density at radius 3 is 2.81 bits per heavy atom. The van der Waals surface area contributed by atoms with Gasteiger partial charge >= 0.3 is 0 Å². The average Bonchev–Trinajstić information content (AvgIpc) is 3.21. The van der Waals surface area contributed by atoms with Crippen LogP contribution in [0.5, 0.6) is 5.75 Å². The maximum Gasteiger partial charge on any atom is 0.277 e. The zero-order valence-electron chi connectivity index (χ0n) is 14.4. The molecule has 1 aromatic carbocycles. The van der Waals surface area contributed by atoms with Gasteiger partial charge in [-0.2, -0.15) is 0 Å². The third-order valence-electron chi connectivity index (χ3n) is 3.82. The largest absolute Gasteiger partial charge is 0.481 e. The molecule has 11 heteroatoms. The number of halogens is 1. The van der Waals surface area contributed by atoms with Crippen LogP contribution in [-0.2, 0) is 14.6 Å². The summed E-state index contributed by atoms with van der Waals surface area (Å²) in [5.41, 5.74) is 0. The number of sulfone groups is 1. The molecule has 0 radical (unpaired) electrons. The van der Waals surface area contributed by atoms with Gasteiger partial charge in [0.05, 0.1) is 17.3 Å². The molecule has 0 aliphatic carbocycles. The highest BCUT2D eigenvalue weighted by molar-refractivity contribution is 7.99. The molecule has 1 aliphatic rings. The fourth-order valence-electron chi connectivity index (χ4n) is 2.52. The molecule has 0 bridgehead atoms. The van der Waals surface area contributed by atoms with Gasteiger partial charge in [-0.1, -0.05) is 11.8 Å². The van der Waals surface area contributed by atoms with Crippen molar-refractivity contribution in [2.24, 2.45) is 0 Å². The topological polar surface area (TPSA) is 111 Å². The summed E-state index contributed by atoms with van der Waals surface area (Å²) < 4.78 is 46.8. The third kappa shape index (κ3) is 5.67. The van der Waals surface area contributed by atoms with Crippen molar-refractivity contribution in [2.75, 3.05) is 17.3 Å². The van der Waals surface area contributed by atoms with Crippen LogP contribution < -0.4 is 10.1 Å². The summed E-state index contributed by atoms with van der Waals surface area (Å²) in [7, 11) is -3.04. The van der Waals surface area contributed by atoms with E-state index < -0.39 is 15.9 Å². The van der Waals surface area contributed by atoms with Crippen molar-refractivity contribution in [1.29, 1.82) is 0 Å². The number of thioether (sulfide) groups is 1. The number of hydrogen-bond acceptors (Lipinski definition) is 8. The van der Waals surface area contributed by atoms with Crippen molar-refractivity contribution < 1.29 is 26.8 Å². The van der Waals surface area contributed by atoms with Gasteiger partial charge in [0.25, 0.3) is 11.1 Å². The molecule has 1 saturated heterocycles. The van der Waals surface area contributed by atoms with Gasteiger partial charge in [0.2, 0.25) is 5.91 Å². The molecule has 2 atom stereocenters. The first-order valence-electron chi connectivity index (χ1n) is 8.19. The Morgan fingerprint density at radius 1 is 1.41 bits per heavy atom. The average molecular weight is 415 g/mol. The Kier molecular flexibility index (Phi) is 6.00. The maximum atomic E-state index is 12.9. The molecular formula is C16H18FN3O5S2. The van der Waals surface area contributed by atoms with E-state index in [1.54, 1.807) is 6.92 Å². The number of aromatic nitrogens is 2. The van der Waals surface area contributed by atoms with Crippen LogP contribution in [0.2, 0.25) is 0 Å². The minimum absolute atomic E-state index is 0.0215. The number of ether oxygens (including phenoxy) is 1. The van der Waals surface area contributed by atoms with Gasteiger partial charge in [-0.15, -0.1) is 10.2 Å². The van der Waals surface area contributed by atoms with Crippen molar-refractivity contribution in [3.8, 4) is 5.75 Å². The SMILES string of the molecule is C[C@@H](Oc1ccc(F)cc1)c1nnc(SCC(=O)N[C@@H]2CCS(=O)(=O)C2)o1. The predicted octanol–water partition coefficient (Wildman–Crippen LogP) is 1.74. The van der Waals surface area contributed by atoms with Gasteiger partial charge in [-0.05, 0) is 37.6 Å². The first-order chi connectivity index (χ1) is 12.8. The van der Waals surface area contributed by atoms with Crippen molar-refractivity contribution in [2.45, 2.75) is 30.7 Å². The number of rotatable bonds is 7. The summed E-state index contributed by atoms with van der Waals surface area (Å²) in [4.78, 5) is 11.9. The normalized spacial score (nSPS) is 19.6. The van der Waals surface area contributed by atoms with Crippen LogP contribution in [0.25, 0.3) is 0 Å². The molecule has 0 saturated carbocycles. The Labute approximate surface area is 159 Å². The lowest BCUT2D eigenvalue weighted by molar-refractivity contribution is -0.119. The smallest absolute Gasteiger partial charge is 0.277 e. The number of hydrogen-bond donors (Lipinski definition) is 1. The molecule has 146 valence electrons. The Hall–Kier alpha value is -2.14. The maximum absolute atomic E-state index is 12.9. The number of benzene rings is 1. The second-order valence-corrected chi connectivity index (χ2v) is 9.23. The molecule has 0 unspecified atom stereocenters. The van der Waals surface area contributed by atoms with E-state index in [2.05, 4.69) is 15.5 Å². The highest BCUT2D eigenvalue weighted by Crippen LogP contribution is 2.24. The number of carbonyl (C=O) groups is 1. The predicted molar refractivity (Wildman–Crippen MR) is 95.7 cm³/mol. The lowest BCUT2D eigenvalue weighted by atomic mass is 10.3. The van der Waals surface area contributed by atoms with Gasteiger partial charge in [-0.3, -0.25) is 4.79 Å². The monoisotopic (exact) mass is 415 g/mol. The van der Waals surface area contributed by atoms with Crippen molar-refractivity contribution in [1.82, 2.24) is 15.5 Å². The molecule has 1 aromatic heterocycles. The minimum atomic E-state index is -3.04. The van der Waals surface area contributed by atoms with E-state index in [1.807, 2.05) is 0 Å². The molecule has 1 aliphatic heterocycles. The van der Waals surface area contributed by atoms with Gasteiger partial charge in [0, 0.05) is 6.04 Å². The lowest BCUT2D eigenvalue weighted by Crippen LogP contribution is -2.36. The minimum Gasteiger partial charge on any atom is -0.481 e. The lowest BCUT2D eigenvalue weighted by Gasteiger charge is -2.10. The van der Waals surface area contributed by atoms with Crippen LogP contribution in [0.4, 0.5) is 4.39 Å². The highest BCUT2D eigenvalue weighted by Gasteiger charge is 2.29. The molecule has 0 spiro atoms. The van der Waals surface area contributed by atoms with E-state index in [1.165, 1.54) is 24.3 Å². The molecule has 2 heterocycles. The van der Waals surface area contributed by atoms with Gasteiger partial charge in [0.1, 0.15) is 11.6 Å². The summed E-state index contributed by atoms with van der Waals surface area (Å²) in [5, 5.41) is 10.6. The molecule has 1 fully saturated rings. The highest BCUT2D eigenvalue weighted by atomic mass is 32.2. The summed E-state index contributed by atoms with van der Waals surface area (Å²) in [6.07, 6.45) is -0.114. The van der Waals surface area contributed by atoms with E-state index in [9.17, 15) is 17.6 Å². The van der Waals surface area contributed by atoms with E-state index >= 15 is 0 Å². The summed E-state index contributed by atoms with van der Waals surface area (Å²) >= 11 is 1.05. The first kappa shape index (κ1) is 19.6. The second kappa shape index (κ2) is 8.26. The zero-order chi connectivity index (χ0) is 19.4. The zero-order valence-corrected chi connectivity index (χ0v) is 16.1. The number of carbonyl (C=O) groups excluding carboxylic acids is 1. The quantitative estimate of drug-likeness (QED) is 0.681. The number of amides is 1. The Balaban J connectivity index is 1.47. The van der Waals surface area contributed by atoms with Gasteiger partial charge in [-0.25, -0.2) is 12.8 Å². The van der Waals surface area contributed by atoms with Crippen LogP contribution in [0.15, 0.2) is 33.9 Å². The molecule has 8 nitrogen and oxygen atoms in total. The van der Waals surface area contributed by atoms with E-state index in [0.29, 0.717) is 12.2 Å². The second-order valence-electron chi connectivity index (χ2n) is 6.08. The standard InChI is InChI=1S/C16H18FN3O5S2/c1-10(24-13-4-2-11(17)3-5-13)15-19-20-16(25-15)26-8-14(21)18-12-6-7-27(22,23)9-12/h2-5,10,12H,6-9H2,1H3,(H,18,21)/t10-,12-/m1/s1. The van der Waals surface area contributed by atoms with E-state index in [-0.39, 0.29) is 46.1 Å². The number of nitrogens with one attached hydrogen (secondary N) is 1. The summed E-state index contributed by atoms with van der Waals surface area (Å²) in [6.45, 7) is 1.71. The molecule has 27 heavy (non-hydrogen) atoms. The van der Waals surface area contributed by atoms with Crippen molar-refractivity contribution in [3.05, 3.63) is 36.0 Å². The first-order valence-corrected chi connectivity index (χ1v) is 11.0. The van der Waals surface area contributed by atoms with Crippen LogP contribution in [0, 0.1) is 5.82 Å². The van der Waals surface area contributed by atoms with Gasteiger partial charge in [0.15, 0.2) is 15.9 Å². The molecular weight excluding hydrogens is 397 g/mol. The van der Waals surface area contributed by atoms with Gasteiger partial charge < -0.3 is 14.5 Å². The van der Waals surface area contributed by atoms with E-state index in [0.717, 1.165) is 11.8 Å². The van der Waals surface area contributed by atoms with Crippen LogP contribution in [-0.4, -0.2) is 47.8 Å². The molecule has 1 amide bonds. The molecule has 2 aromatic rings. The molecule has 1 N–H and O–H groups in total. The summed E-state index contributed by atoms with van der Waals surface area (Å²) in [6, 6.07) is 5.21. The summed E-state index contributed by atoms with van der Waals surface area (Å²) in [5.74, 6) is 0.144.